The van der Waals surface area contributed by atoms with Gasteiger partial charge < -0.3 is 20.1 Å². The Balaban J connectivity index is 3.78. The summed E-state index contributed by atoms with van der Waals surface area (Å²) in [6.45, 7) is 3.87. The van der Waals surface area contributed by atoms with E-state index in [2.05, 4.69) is 11.4 Å². The van der Waals surface area contributed by atoms with E-state index >= 15 is 0 Å². The van der Waals surface area contributed by atoms with E-state index in [1.807, 2.05) is 0 Å². The molecule has 0 aromatic rings. The zero-order valence-electron chi connectivity index (χ0n) is 17.6. The highest BCUT2D eigenvalue weighted by Crippen LogP contribution is 2.42. The summed E-state index contributed by atoms with van der Waals surface area (Å²) in [6.07, 6.45) is 11.7. The topological polar surface area (TPSA) is 117 Å². The van der Waals surface area contributed by atoms with Crippen LogP contribution in [0, 0.1) is 0 Å². The lowest BCUT2D eigenvalue weighted by Gasteiger charge is -2.19. The second-order valence-corrected chi connectivity index (χ2v) is 8.33. The number of phosphoric ester groups is 1. The maximum Gasteiger partial charge on any atom is 0.472 e. The second-order valence-electron chi connectivity index (χ2n) is 6.87. The van der Waals surface area contributed by atoms with Gasteiger partial charge in [-0.25, -0.2) is 4.57 Å². The molecule has 0 saturated carbocycles. The smallest absolute Gasteiger partial charge is 0.458 e. The van der Waals surface area contributed by atoms with Crippen molar-refractivity contribution < 1.29 is 32.8 Å². The van der Waals surface area contributed by atoms with E-state index in [4.69, 9.17) is 19.7 Å². The highest BCUT2D eigenvalue weighted by atomic mass is 31.2. The fourth-order valence-corrected chi connectivity index (χ4v) is 3.41. The summed E-state index contributed by atoms with van der Waals surface area (Å²) in [7, 11) is -4.20. The van der Waals surface area contributed by atoms with Crippen LogP contribution in [0.25, 0.3) is 0 Å². The van der Waals surface area contributed by atoms with E-state index in [9.17, 15) is 14.3 Å². The molecule has 2 unspecified atom stereocenters. The maximum absolute atomic E-state index is 11.6. The average Bonchev–Trinajstić information content (AvgIpc) is 2.65. The predicted molar refractivity (Wildman–Crippen MR) is 109 cm³/mol. The maximum atomic E-state index is 11.6. The Bertz CT molecular complexity index is 423. The van der Waals surface area contributed by atoms with Gasteiger partial charge in [0.05, 0.1) is 19.8 Å². The highest BCUT2D eigenvalue weighted by Gasteiger charge is 2.24. The van der Waals surface area contributed by atoms with Crippen molar-refractivity contribution in [1.82, 2.24) is 0 Å². The molecule has 0 spiro atoms. The molecule has 0 aliphatic heterocycles. The molecule has 9 heteroatoms. The molecule has 0 heterocycles. The molecule has 28 heavy (non-hydrogen) atoms. The summed E-state index contributed by atoms with van der Waals surface area (Å²) in [5.41, 5.74) is 5.21. The van der Waals surface area contributed by atoms with Gasteiger partial charge in [-0.15, -0.1) is 0 Å². The molecule has 0 aromatic heterocycles. The fourth-order valence-electron chi connectivity index (χ4n) is 2.64. The monoisotopic (exact) mass is 425 g/mol. The quantitative estimate of drug-likeness (QED) is 0.171. The van der Waals surface area contributed by atoms with Crippen LogP contribution in [0.3, 0.4) is 0 Å². The van der Waals surface area contributed by atoms with Gasteiger partial charge in [0, 0.05) is 20.1 Å². The lowest BCUT2D eigenvalue weighted by atomic mass is 10.1. The number of rotatable bonds is 20. The Morgan fingerprint density at radius 3 is 2.04 bits per heavy atom. The average molecular weight is 426 g/mol. The Labute approximate surface area is 170 Å². The summed E-state index contributed by atoms with van der Waals surface area (Å²) >= 11 is 0. The van der Waals surface area contributed by atoms with Crippen molar-refractivity contribution >= 4 is 13.8 Å². The lowest BCUT2D eigenvalue weighted by molar-refractivity contribution is -0.151. The van der Waals surface area contributed by atoms with Crippen molar-refractivity contribution in [2.75, 3.05) is 33.0 Å². The van der Waals surface area contributed by atoms with Crippen LogP contribution in [0.1, 0.15) is 78.1 Å². The molecular formula is C19H40NO7P. The fraction of sp³-hybridized carbons (Fsp3) is 0.947. The van der Waals surface area contributed by atoms with E-state index in [0.717, 1.165) is 12.8 Å². The number of phosphoric acid groups is 1. The number of hydrogen-bond donors (Lipinski definition) is 2. The summed E-state index contributed by atoms with van der Waals surface area (Å²) < 4.78 is 31.6. The van der Waals surface area contributed by atoms with Crippen molar-refractivity contribution in [2.24, 2.45) is 5.73 Å². The molecule has 0 radical (unpaired) electrons. The highest BCUT2D eigenvalue weighted by molar-refractivity contribution is 7.47. The van der Waals surface area contributed by atoms with Gasteiger partial charge in [0.25, 0.3) is 0 Å². The molecular weight excluding hydrogens is 385 g/mol. The van der Waals surface area contributed by atoms with Crippen LogP contribution < -0.4 is 5.73 Å². The van der Waals surface area contributed by atoms with Crippen molar-refractivity contribution in [3.05, 3.63) is 0 Å². The van der Waals surface area contributed by atoms with E-state index < -0.39 is 19.9 Å². The number of ether oxygens (including phenoxy) is 2. The molecule has 168 valence electrons. The SMILES string of the molecule is CCCCCCCCCCCCOCC(COP(=O)(O)OCCN)OC(C)=O. The largest absolute Gasteiger partial charge is 0.472 e. The first-order chi connectivity index (χ1) is 13.4. The third-order valence-electron chi connectivity index (χ3n) is 4.07. The first-order valence-electron chi connectivity index (χ1n) is 10.5. The molecule has 8 nitrogen and oxygen atoms in total. The molecule has 2 atom stereocenters. The van der Waals surface area contributed by atoms with Crippen molar-refractivity contribution in [2.45, 2.75) is 84.2 Å². The van der Waals surface area contributed by atoms with Crippen LogP contribution >= 0.6 is 7.82 Å². The number of unbranched alkanes of at least 4 members (excludes halogenated alkanes) is 9. The predicted octanol–water partition coefficient (Wildman–Crippen LogP) is 3.95. The van der Waals surface area contributed by atoms with Gasteiger partial charge in [0.1, 0.15) is 6.10 Å². The summed E-state index contributed by atoms with van der Waals surface area (Å²) in [4.78, 5) is 20.6. The number of carbonyl (C=O) groups excluding carboxylic acids is 1. The van der Waals surface area contributed by atoms with Gasteiger partial charge in [-0.3, -0.25) is 13.8 Å². The normalized spacial score (nSPS) is 14.6. The van der Waals surface area contributed by atoms with Crippen molar-refractivity contribution in [3.63, 3.8) is 0 Å². The van der Waals surface area contributed by atoms with Crippen LogP contribution in [0.4, 0.5) is 0 Å². The second kappa shape index (κ2) is 18.5. The minimum absolute atomic E-state index is 0.0960. The molecule has 3 N–H and O–H groups in total. The van der Waals surface area contributed by atoms with Gasteiger partial charge in [0.2, 0.25) is 0 Å². The van der Waals surface area contributed by atoms with E-state index in [1.54, 1.807) is 0 Å². The van der Waals surface area contributed by atoms with Crippen LogP contribution in [-0.2, 0) is 27.9 Å². The van der Waals surface area contributed by atoms with Gasteiger partial charge >= 0.3 is 13.8 Å². The number of esters is 1. The number of nitrogens with two attached hydrogens (primary N) is 1. The Morgan fingerprint density at radius 1 is 0.929 bits per heavy atom. The van der Waals surface area contributed by atoms with Crippen LogP contribution in [0.2, 0.25) is 0 Å². The summed E-state index contributed by atoms with van der Waals surface area (Å²) in [5.74, 6) is -0.508. The van der Waals surface area contributed by atoms with Crippen molar-refractivity contribution in [3.8, 4) is 0 Å². The minimum atomic E-state index is -4.20. The van der Waals surface area contributed by atoms with Gasteiger partial charge in [-0.1, -0.05) is 64.7 Å². The third-order valence-corrected chi connectivity index (χ3v) is 5.06. The summed E-state index contributed by atoms with van der Waals surface area (Å²) in [5, 5.41) is 0. The molecule has 0 aromatic carbocycles. The molecule has 0 amide bonds. The van der Waals surface area contributed by atoms with Gasteiger partial charge in [0.15, 0.2) is 0 Å². The van der Waals surface area contributed by atoms with Crippen LogP contribution in [-0.4, -0.2) is 49.9 Å². The Hall–Kier alpha value is -0.500. The van der Waals surface area contributed by atoms with Gasteiger partial charge in [-0.05, 0) is 6.42 Å². The molecule has 0 aliphatic rings. The van der Waals surface area contributed by atoms with E-state index in [-0.39, 0.29) is 26.4 Å². The molecule has 0 saturated heterocycles. The lowest BCUT2D eigenvalue weighted by Crippen LogP contribution is -2.27. The Kier molecular flexibility index (Phi) is 18.2. The third kappa shape index (κ3) is 18.8. The minimum Gasteiger partial charge on any atom is -0.458 e. The zero-order valence-corrected chi connectivity index (χ0v) is 18.5. The van der Waals surface area contributed by atoms with E-state index in [0.29, 0.717) is 6.61 Å². The van der Waals surface area contributed by atoms with Gasteiger partial charge in [-0.2, -0.15) is 0 Å². The first-order valence-corrected chi connectivity index (χ1v) is 12.0. The van der Waals surface area contributed by atoms with Crippen LogP contribution in [0.15, 0.2) is 0 Å². The molecule has 0 fully saturated rings. The number of hydrogen-bond acceptors (Lipinski definition) is 7. The molecule has 0 bridgehead atoms. The van der Waals surface area contributed by atoms with Crippen molar-refractivity contribution in [1.29, 1.82) is 0 Å². The van der Waals surface area contributed by atoms with Crippen LogP contribution in [0.5, 0.6) is 0 Å². The van der Waals surface area contributed by atoms with E-state index in [1.165, 1.54) is 58.3 Å². The number of carbonyl (C=O) groups is 1. The standard InChI is InChI=1S/C19H40NO7P/c1-3-4-5-6-7-8-9-10-11-12-14-24-16-19(27-18(2)21)17-26-28(22,23)25-15-13-20/h19H,3-17,20H2,1-2H3,(H,22,23). The molecule has 0 rings (SSSR count). The summed E-state index contributed by atoms with van der Waals surface area (Å²) in [6, 6.07) is 0. The Morgan fingerprint density at radius 2 is 1.50 bits per heavy atom. The molecule has 0 aliphatic carbocycles. The zero-order chi connectivity index (χ0) is 21.1. The first kappa shape index (κ1) is 27.5.